The van der Waals surface area contributed by atoms with Crippen molar-refractivity contribution in [3.05, 3.63) is 22.5 Å². The third kappa shape index (κ3) is 1.75. The molecular weight excluding hydrogens is 213 g/mol. The second-order valence-electron chi connectivity index (χ2n) is 2.75. The lowest BCUT2D eigenvalue weighted by molar-refractivity contribution is 0.263. The van der Waals surface area contributed by atoms with Crippen LogP contribution < -0.4 is 5.73 Å². The molecule has 0 bridgehead atoms. The Morgan fingerprint density at radius 1 is 1.43 bits per heavy atom. The molecule has 1 rings (SSSR count). The van der Waals surface area contributed by atoms with Gasteiger partial charge in [-0.15, -0.1) is 0 Å². The topological polar surface area (TPSA) is 86.7 Å². The Balaban J connectivity index is 3.33. The fourth-order valence-corrected chi connectivity index (χ4v) is 1.20. The Morgan fingerprint density at radius 2 is 2.00 bits per heavy atom. The number of benzene rings is 1. The molecule has 0 aromatic heterocycles. The maximum Gasteiger partial charge on any atom is 0.208 e. The maximum atomic E-state index is 13.0. The van der Waals surface area contributed by atoms with E-state index in [0.717, 1.165) is 6.07 Å². The summed E-state index contributed by atoms with van der Waals surface area (Å²) in [7, 11) is 0. The second kappa shape index (κ2) is 4.00. The summed E-state index contributed by atoms with van der Waals surface area (Å²) in [5, 5.41) is 26.7. The minimum absolute atomic E-state index is 0.0483. The van der Waals surface area contributed by atoms with Crippen LogP contribution in [-0.4, -0.2) is 21.9 Å². The number of phenols is 2. The first kappa shape index (κ1) is 11.0. The lowest BCUT2D eigenvalue weighted by atomic mass is 10.1. The average Bonchev–Trinajstić information content (AvgIpc) is 2.19. The van der Waals surface area contributed by atoms with Crippen LogP contribution in [0.5, 0.6) is 11.5 Å². The summed E-state index contributed by atoms with van der Waals surface area (Å²) < 4.78 is 13.0. The Bertz CT molecular complexity index is 359. The van der Waals surface area contributed by atoms with Gasteiger partial charge in [0.2, 0.25) is 5.82 Å². The van der Waals surface area contributed by atoms with Crippen molar-refractivity contribution in [3.63, 3.8) is 0 Å². The molecule has 0 heterocycles. The monoisotopic (exact) mass is 221 g/mol. The van der Waals surface area contributed by atoms with Crippen LogP contribution in [0.25, 0.3) is 0 Å². The molecule has 0 radical (unpaired) electrons. The highest BCUT2D eigenvalue weighted by molar-refractivity contribution is 6.32. The number of hydrogen-bond donors (Lipinski definition) is 4. The number of halogens is 2. The van der Waals surface area contributed by atoms with E-state index in [1.165, 1.54) is 0 Å². The fraction of sp³-hybridized carbons (Fsp3) is 0.250. The summed E-state index contributed by atoms with van der Waals surface area (Å²) >= 11 is 5.45. The van der Waals surface area contributed by atoms with Crippen LogP contribution in [-0.2, 0) is 0 Å². The van der Waals surface area contributed by atoms with Gasteiger partial charge >= 0.3 is 0 Å². The molecule has 1 unspecified atom stereocenters. The van der Waals surface area contributed by atoms with E-state index in [1.54, 1.807) is 0 Å². The van der Waals surface area contributed by atoms with Crippen molar-refractivity contribution < 1.29 is 19.7 Å². The summed E-state index contributed by atoms with van der Waals surface area (Å²) in [4.78, 5) is 0. The molecule has 0 aliphatic rings. The number of rotatable bonds is 2. The number of aliphatic hydroxyl groups is 1. The van der Waals surface area contributed by atoms with E-state index in [-0.39, 0.29) is 10.6 Å². The molecule has 0 saturated heterocycles. The molecule has 0 saturated carbocycles. The van der Waals surface area contributed by atoms with Crippen molar-refractivity contribution in [2.24, 2.45) is 5.73 Å². The second-order valence-corrected chi connectivity index (χ2v) is 3.16. The number of phenolic OH excluding ortho intramolecular Hbond substituents is 2. The van der Waals surface area contributed by atoms with Gasteiger partial charge in [0.15, 0.2) is 11.5 Å². The molecule has 0 amide bonds. The highest BCUT2D eigenvalue weighted by atomic mass is 35.5. The molecule has 78 valence electrons. The van der Waals surface area contributed by atoms with Gasteiger partial charge in [0.05, 0.1) is 17.7 Å². The third-order valence-electron chi connectivity index (χ3n) is 1.79. The van der Waals surface area contributed by atoms with Gasteiger partial charge in [-0.2, -0.15) is 4.39 Å². The van der Waals surface area contributed by atoms with E-state index in [9.17, 15) is 9.50 Å². The molecule has 1 aromatic rings. The Hall–Kier alpha value is -1.04. The summed E-state index contributed by atoms with van der Waals surface area (Å²) in [5.41, 5.74) is 5.32. The molecule has 14 heavy (non-hydrogen) atoms. The van der Waals surface area contributed by atoms with E-state index in [0.29, 0.717) is 0 Å². The zero-order chi connectivity index (χ0) is 10.9. The highest BCUT2D eigenvalue weighted by Crippen LogP contribution is 2.37. The smallest absolute Gasteiger partial charge is 0.208 e. The van der Waals surface area contributed by atoms with Crippen LogP contribution in [0, 0.1) is 5.82 Å². The normalized spacial score (nSPS) is 12.9. The van der Waals surface area contributed by atoms with Crippen molar-refractivity contribution in [3.8, 4) is 11.5 Å². The van der Waals surface area contributed by atoms with Gasteiger partial charge in [-0.1, -0.05) is 11.6 Å². The van der Waals surface area contributed by atoms with Crippen LogP contribution in [0.2, 0.25) is 5.02 Å². The maximum absolute atomic E-state index is 13.0. The SMILES string of the molecule is NC(CO)c1cc(Cl)c(O)c(F)c1O. The lowest BCUT2D eigenvalue weighted by Crippen LogP contribution is -2.15. The van der Waals surface area contributed by atoms with Gasteiger partial charge in [0.25, 0.3) is 0 Å². The number of hydrogen-bond acceptors (Lipinski definition) is 4. The fourth-order valence-electron chi connectivity index (χ4n) is 0.998. The van der Waals surface area contributed by atoms with Gasteiger partial charge in [-0.3, -0.25) is 0 Å². The van der Waals surface area contributed by atoms with E-state index in [2.05, 4.69) is 0 Å². The van der Waals surface area contributed by atoms with Crippen LogP contribution in [0.1, 0.15) is 11.6 Å². The van der Waals surface area contributed by atoms with E-state index < -0.39 is 30.0 Å². The number of nitrogens with two attached hydrogens (primary N) is 1. The molecule has 0 spiro atoms. The molecule has 0 fully saturated rings. The first-order valence-electron chi connectivity index (χ1n) is 3.75. The molecule has 5 N–H and O–H groups in total. The molecule has 1 aromatic carbocycles. The van der Waals surface area contributed by atoms with E-state index in [1.807, 2.05) is 0 Å². The lowest BCUT2D eigenvalue weighted by Gasteiger charge is -2.12. The highest BCUT2D eigenvalue weighted by Gasteiger charge is 2.19. The zero-order valence-electron chi connectivity index (χ0n) is 7.04. The Labute approximate surface area is 84.4 Å². The molecule has 1 atom stereocenters. The van der Waals surface area contributed by atoms with Crippen molar-refractivity contribution >= 4 is 11.6 Å². The molecule has 0 aliphatic carbocycles. The summed E-state index contributed by atoms with van der Waals surface area (Å²) in [5.74, 6) is -2.87. The van der Waals surface area contributed by atoms with Crippen molar-refractivity contribution in [1.29, 1.82) is 0 Å². The van der Waals surface area contributed by atoms with Crippen molar-refractivity contribution in [2.45, 2.75) is 6.04 Å². The predicted octanol–water partition coefficient (Wildman–Crippen LogP) is 0.882. The average molecular weight is 222 g/mol. The number of aliphatic hydroxyl groups excluding tert-OH is 1. The zero-order valence-corrected chi connectivity index (χ0v) is 7.79. The van der Waals surface area contributed by atoms with Crippen molar-refractivity contribution in [1.82, 2.24) is 0 Å². The molecule has 6 heteroatoms. The van der Waals surface area contributed by atoms with Crippen LogP contribution >= 0.6 is 11.6 Å². The van der Waals surface area contributed by atoms with E-state index >= 15 is 0 Å². The minimum Gasteiger partial charge on any atom is -0.504 e. The summed E-state index contributed by atoms with van der Waals surface area (Å²) in [6.45, 7) is -0.464. The Kier molecular flexibility index (Phi) is 3.15. The quantitative estimate of drug-likeness (QED) is 0.597. The largest absolute Gasteiger partial charge is 0.504 e. The van der Waals surface area contributed by atoms with Crippen molar-refractivity contribution in [2.75, 3.05) is 6.61 Å². The van der Waals surface area contributed by atoms with Gasteiger partial charge in [-0.25, -0.2) is 0 Å². The minimum atomic E-state index is -1.24. The predicted molar refractivity (Wildman–Crippen MR) is 48.8 cm³/mol. The van der Waals surface area contributed by atoms with Gasteiger partial charge in [-0.05, 0) is 6.07 Å². The summed E-state index contributed by atoms with van der Waals surface area (Å²) in [6, 6.07) is 0.165. The van der Waals surface area contributed by atoms with Crippen LogP contribution in [0.3, 0.4) is 0 Å². The van der Waals surface area contributed by atoms with Crippen LogP contribution in [0.4, 0.5) is 4.39 Å². The first-order chi connectivity index (χ1) is 6.49. The van der Waals surface area contributed by atoms with Gasteiger partial charge < -0.3 is 21.1 Å². The Morgan fingerprint density at radius 3 is 2.50 bits per heavy atom. The molecule has 0 aliphatic heterocycles. The summed E-state index contributed by atoms with van der Waals surface area (Å²) in [6.07, 6.45) is 0. The first-order valence-corrected chi connectivity index (χ1v) is 4.13. The van der Waals surface area contributed by atoms with E-state index in [4.69, 9.17) is 27.5 Å². The number of aromatic hydroxyl groups is 2. The van der Waals surface area contributed by atoms with Gasteiger partial charge in [0.1, 0.15) is 0 Å². The molecule has 4 nitrogen and oxygen atoms in total. The third-order valence-corrected chi connectivity index (χ3v) is 2.08. The standard InChI is InChI=1S/C8H9ClFNO3/c9-4-1-3(5(11)2-12)7(13)6(10)8(4)14/h1,5,12-14H,2,11H2. The molecular formula is C8H9ClFNO3. The van der Waals surface area contributed by atoms with Gasteiger partial charge in [0, 0.05) is 5.56 Å². The van der Waals surface area contributed by atoms with Crippen LogP contribution in [0.15, 0.2) is 6.07 Å².